The third-order valence-electron chi connectivity index (χ3n) is 2.32. The van der Waals surface area contributed by atoms with Crippen molar-refractivity contribution in [1.82, 2.24) is 5.32 Å². The zero-order valence-corrected chi connectivity index (χ0v) is 11.0. The average molecular weight is 286 g/mol. The van der Waals surface area contributed by atoms with Crippen LogP contribution in [0.2, 0.25) is 0 Å². The van der Waals surface area contributed by atoms with E-state index in [4.69, 9.17) is 15.6 Å². The third-order valence-corrected chi connectivity index (χ3v) is 3.23. The molecule has 0 spiro atoms. The van der Waals surface area contributed by atoms with E-state index in [2.05, 4.69) is 5.32 Å². The minimum Gasteiger partial charge on any atom is -0.496 e. The smallest absolute Gasteiger partial charge is 0.326 e. The normalized spacial score (nSPS) is 11.6. The molecule has 0 aromatic carbocycles. The van der Waals surface area contributed by atoms with Crippen molar-refractivity contribution in [3.63, 3.8) is 0 Å². The number of thiophene rings is 1. The summed E-state index contributed by atoms with van der Waals surface area (Å²) in [6, 6.07) is 0.362. The monoisotopic (exact) mass is 286 g/mol. The first-order valence-electron chi connectivity index (χ1n) is 5.38. The SMILES string of the molecule is COc1csc(C(=O)N[C@@H](CCC(N)=O)C(=O)O)c1. The number of carbonyl (C=O) groups excluding carboxylic acids is 2. The Kier molecular flexibility index (Phi) is 5.31. The maximum absolute atomic E-state index is 11.8. The fourth-order valence-corrected chi connectivity index (χ4v) is 2.08. The lowest BCUT2D eigenvalue weighted by Gasteiger charge is -2.12. The van der Waals surface area contributed by atoms with Gasteiger partial charge < -0.3 is 20.9 Å². The highest BCUT2D eigenvalue weighted by Gasteiger charge is 2.22. The van der Waals surface area contributed by atoms with E-state index in [0.29, 0.717) is 10.6 Å². The Balaban J connectivity index is 2.65. The van der Waals surface area contributed by atoms with Crippen LogP contribution in [0.1, 0.15) is 22.5 Å². The Labute approximate surface area is 113 Å². The number of amides is 2. The second-order valence-electron chi connectivity index (χ2n) is 3.72. The number of nitrogens with one attached hydrogen (secondary N) is 1. The van der Waals surface area contributed by atoms with Crippen LogP contribution in [0.15, 0.2) is 11.4 Å². The molecule has 0 saturated carbocycles. The number of methoxy groups -OCH3 is 1. The van der Waals surface area contributed by atoms with Crippen molar-refractivity contribution >= 4 is 29.1 Å². The van der Waals surface area contributed by atoms with Crippen LogP contribution < -0.4 is 15.8 Å². The van der Waals surface area contributed by atoms with Crippen LogP contribution in [-0.4, -0.2) is 36.0 Å². The largest absolute Gasteiger partial charge is 0.496 e. The molecule has 0 saturated heterocycles. The minimum atomic E-state index is -1.21. The number of hydrogen-bond acceptors (Lipinski definition) is 5. The average Bonchev–Trinajstić information content (AvgIpc) is 2.82. The second-order valence-corrected chi connectivity index (χ2v) is 4.63. The molecule has 8 heteroatoms. The Morgan fingerprint density at radius 2 is 2.21 bits per heavy atom. The van der Waals surface area contributed by atoms with E-state index in [1.807, 2.05) is 0 Å². The number of nitrogens with two attached hydrogens (primary N) is 1. The number of carboxylic acid groups (broad SMARTS) is 1. The molecule has 1 heterocycles. The zero-order chi connectivity index (χ0) is 14.4. The molecular formula is C11H14N2O5S. The third kappa shape index (κ3) is 4.59. The molecule has 1 rings (SSSR count). The van der Waals surface area contributed by atoms with Crippen molar-refractivity contribution in [1.29, 1.82) is 0 Å². The van der Waals surface area contributed by atoms with E-state index >= 15 is 0 Å². The van der Waals surface area contributed by atoms with Gasteiger partial charge in [0, 0.05) is 17.9 Å². The minimum absolute atomic E-state index is 0.0427. The molecule has 104 valence electrons. The molecule has 7 nitrogen and oxygen atoms in total. The van der Waals surface area contributed by atoms with E-state index in [1.165, 1.54) is 13.2 Å². The molecule has 0 bridgehead atoms. The van der Waals surface area contributed by atoms with E-state index in [9.17, 15) is 14.4 Å². The van der Waals surface area contributed by atoms with Crippen LogP contribution >= 0.6 is 11.3 Å². The molecule has 4 N–H and O–H groups in total. The lowest BCUT2D eigenvalue weighted by atomic mass is 10.1. The van der Waals surface area contributed by atoms with Gasteiger partial charge in [0.25, 0.3) is 5.91 Å². The van der Waals surface area contributed by atoms with E-state index in [0.717, 1.165) is 11.3 Å². The number of ether oxygens (including phenoxy) is 1. The van der Waals surface area contributed by atoms with Gasteiger partial charge in [-0.15, -0.1) is 11.3 Å². The van der Waals surface area contributed by atoms with E-state index in [1.54, 1.807) is 5.38 Å². The lowest BCUT2D eigenvalue weighted by molar-refractivity contribution is -0.139. The van der Waals surface area contributed by atoms with Crippen LogP contribution in [0.4, 0.5) is 0 Å². The molecule has 0 aliphatic rings. The topological polar surface area (TPSA) is 119 Å². The molecule has 2 amide bonds. The fraction of sp³-hybridized carbons (Fsp3) is 0.364. The standard InChI is InChI=1S/C11H14N2O5S/c1-18-6-4-8(19-5-6)10(15)13-7(11(16)17)2-3-9(12)14/h4-5,7H,2-3H2,1H3,(H2,12,14)(H,13,15)(H,16,17)/t7-/m0/s1. The first kappa shape index (κ1) is 15.0. The van der Waals surface area contributed by atoms with Crippen LogP contribution in [0, 0.1) is 0 Å². The Hall–Kier alpha value is -2.09. The summed E-state index contributed by atoms with van der Waals surface area (Å²) in [6.45, 7) is 0. The highest BCUT2D eigenvalue weighted by molar-refractivity contribution is 7.12. The maximum Gasteiger partial charge on any atom is 0.326 e. The summed E-state index contributed by atoms with van der Waals surface area (Å²) in [4.78, 5) is 33.7. The summed E-state index contributed by atoms with van der Waals surface area (Å²) in [6.07, 6.45) is -0.149. The van der Waals surface area contributed by atoms with Gasteiger partial charge in [0.15, 0.2) is 0 Å². The summed E-state index contributed by atoms with van der Waals surface area (Å²) in [7, 11) is 1.47. The number of hydrogen-bond donors (Lipinski definition) is 3. The molecule has 1 aromatic heterocycles. The van der Waals surface area contributed by atoms with Crippen molar-refractivity contribution in [3.8, 4) is 5.75 Å². The second kappa shape index (κ2) is 6.74. The quantitative estimate of drug-likeness (QED) is 0.662. The van der Waals surface area contributed by atoms with Gasteiger partial charge in [-0.1, -0.05) is 0 Å². The van der Waals surface area contributed by atoms with Gasteiger partial charge in [0.05, 0.1) is 12.0 Å². The zero-order valence-electron chi connectivity index (χ0n) is 10.2. The number of rotatable bonds is 7. The summed E-state index contributed by atoms with van der Waals surface area (Å²) < 4.78 is 4.93. The van der Waals surface area contributed by atoms with Gasteiger partial charge in [-0.2, -0.15) is 0 Å². The Morgan fingerprint density at radius 1 is 1.53 bits per heavy atom. The van der Waals surface area contributed by atoms with Crippen LogP contribution in [0.3, 0.4) is 0 Å². The van der Waals surface area contributed by atoms with Crippen molar-refractivity contribution < 1.29 is 24.2 Å². The van der Waals surface area contributed by atoms with Crippen LogP contribution in [-0.2, 0) is 9.59 Å². The van der Waals surface area contributed by atoms with Crippen molar-refractivity contribution in [2.75, 3.05) is 7.11 Å². The molecule has 0 aliphatic carbocycles. The summed E-state index contributed by atoms with van der Waals surface area (Å²) in [5.41, 5.74) is 4.95. The first-order valence-corrected chi connectivity index (χ1v) is 6.26. The maximum atomic E-state index is 11.8. The molecule has 1 atom stereocenters. The molecule has 0 radical (unpaired) electrons. The lowest BCUT2D eigenvalue weighted by Crippen LogP contribution is -2.41. The molecule has 0 unspecified atom stereocenters. The molecular weight excluding hydrogens is 272 g/mol. The number of primary amides is 1. The van der Waals surface area contributed by atoms with Gasteiger partial charge in [-0.05, 0) is 6.42 Å². The van der Waals surface area contributed by atoms with Crippen LogP contribution in [0.5, 0.6) is 5.75 Å². The Bertz CT molecular complexity index is 485. The highest BCUT2D eigenvalue weighted by Crippen LogP contribution is 2.21. The number of aliphatic carboxylic acids is 1. The van der Waals surface area contributed by atoms with Crippen molar-refractivity contribution in [2.45, 2.75) is 18.9 Å². The summed E-state index contributed by atoms with van der Waals surface area (Å²) >= 11 is 1.14. The molecule has 1 aromatic rings. The van der Waals surface area contributed by atoms with Crippen molar-refractivity contribution in [3.05, 3.63) is 16.3 Å². The van der Waals surface area contributed by atoms with Gasteiger partial charge in [0.2, 0.25) is 5.91 Å². The fourth-order valence-electron chi connectivity index (χ4n) is 1.32. The number of carboxylic acids is 1. The van der Waals surface area contributed by atoms with Crippen molar-refractivity contribution in [2.24, 2.45) is 5.73 Å². The molecule has 19 heavy (non-hydrogen) atoms. The van der Waals surface area contributed by atoms with E-state index < -0.39 is 23.8 Å². The molecule has 0 fully saturated rings. The van der Waals surface area contributed by atoms with Gasteiger partial charge in [-0.3, -0.25) is 9.59 Å². The molecule has 0 aliphatic heterocycles. The van der Waals surface area contributed by atoms with Crippen LogP contribution in [0.25, 0.3) is 0 Å². The summed E-state index contributed by atoms with van der Waals surface area (Å²) in [5.74, 6) is -1.82. The predicted molar refractivity (Wildman–Crippen MR) is 68.2 cm³/mol. The predicted octanol–water partition coefficient (Wildman–Crippen LogP) is 0.205. The Morgan fingerprint density at radius 3 is 2.68 bits per heavy atom. The highest BCUT2D eigenvalue weighted by atomic mass is 32.1. The first-order chi connectivity index (χ1) is 8.93. The summed E-state index contributed by atoms with van der Waals surface area (Å²) in [5, 5.41) is 12.9. The number of carbonyl (C=O) groups is 3. The van der Waals surface area contributed by atoms with Gasteiger partial charge in [0.1, 0.15) is 11.8 Å². The van der Waals surface area contributed by atoms with Gasteiger partial charge in [-0.25, -0.2) is 4.79 Å². The van der Waals surface area contributed by atoms with Gasteiger partial charge >= 0.3 is 5.97 Å². The van der Waals surface area contributed by atoms with E-state index in [-0.39, 0.29) is 12.8 Å².